The summed E-state index contributed by atoms with van der Waals surface area (Å²) in [4.78, 5) is 24.3. The highest BCUT2D eigenvalue weighted by Gasteiger charge is 2.20. The lowest BCUT2D eigenvalue weighted by atomic mass is 10.0. The van der Waals surface area contributed by atoms with E-state index in [0.29, 0.717) is 17.0 Å². The van der Waals surface area contributed by atoms with E-state index in [9.17, 15) is 18.0 Å². The van der Waals surface area contributed by atoms with Crippen molar-refractivity contribution in [2.75, 3.05) is 24.3 Å². The highest BCUT2D eigenvalue weighted by Crippen LogP contribution is 2.22. The maximum absolute atomic E-state index is 13.0. The summed E-state index contributed by atoms with van der Waals surface area (Å²) in [5.74, 6) is 4.96. The van der Waals surface area contributed by atoms with Crippen molar-refractivity contribution >= 4 is 33.2 Å². The SMILES string of the molecule is COC(=O)COc1ccc(/C(=N\N)C(=O)c2ccc(N(Cc3ccccc3)S(C)(=O)=O)cc2)cc1. The summed E-state index contributed by atoms with van der Waals surface area (Å²) in [5, 5.41) is 3.65. The van der Waals surface area contributed by atoms with E-state index in [-0.39, 0.29) is 24.4 Å². The first-order valence-electron chi connectivity index (χ1n) is 10.5. The van der Waals surface area contributed by atoms with Crippen LogP contribution < -0.4 is 14.9 Å². The summed E-state index contributed by atoms with van der Waals surface area (Å²) in [6.45, 7) is -0.0827. The van der Waals surface area contributed by atoms with Crippen LogP contribution in [-0.4, -0.2) is 45.9 Å². The van der Waals surface area contributed by atoms with Gasteiger partial charge >= 0.3 is 5.97 Å². The second kappa shape index (κ2) is 11.3. The van der Waals surface area contributed by atoms with E-state index in [4.69, 9.17) is 10.6 Å². The molecular formula is C25H25N3O6S. The van der Waals surface area contributed by atoms with Crippen LogP contribution in [0.15, 0.2) is 84.0 Å². The number of ketones is 1. The fourth-order valence-electron chi connectivity index (χ4n) is 3.24. The number of esters is 1. The first kappa shape index (κ1) is 25.4. The van der Waals surface area contributed by atoms with E-state index in [1.807, 2.05) is 30.3 Å². The van der Waals surface area contributed by atoms with Crippen LogP contribution in [0.3, 0.4) is 0 Å². The van der Waals surface area contributed by atoms with Crippen LogP contribution in [0, 0.1) is 0 Å². The van der Waals surface area contributed by atoms with Crippen molar-refractivity contribution in [3.8, 4) is 5.75 Å². The maximum atomic E-state index is 13.0. The first-order chi connectivity index (χ1) is 16.7. The van der Waals surface area contributed by atoms with E-state index in [2.05, 4.69) is 9.84 Å². The normalized spacial score (nSPS) is 11.5. The third-order valence-electron chi connectivity index (χ3n) is 5.04. The highest BCUT2D eigenvalue weighted by molar-refractivity contribution is 7.92. The number of hydrogen-bond acceptors (Lipinski definition) is 8. The van der Waals surface area contributed by atoms with E-state index in [0.717, 1.165) is 11.8 Å². The Labute approximate surface area is 203 Å². The van der Waals surface area contributed by atoms with Gasteiger partial charge in [0.2, 0.25) is 15.8 Å². The number of methoxy groups -OCH3 is 1. The molecule has 0 heterocycles. The van der Waals surface area contributed by atoms with Crippen LogP contribution in [0.25, 0.3) is 0 Å². The van der Waals surface area contributed by atoms with Crippen LogP contribution in [0.2, 0.25) is 0 Å². The number of anilines is 1. The van der Waals surface area contributed by atoms with Gasteiger partial charge < -0.3 is 15.3 Å². The van der Waals surface area contributed by atoms with Crippen molar-refractivity contribution in [3.05, 3.63) is 95.6 Å². The van der Waals surface area contributed by atoms with Gasteiger partial charge in [-0.3, -0.25) is 9.10 Å². The second-order valence-corrected chi connectivity index (χ2v) is 9.40. The quantitative estimate of drug-likeness (QED) is 0.151. The molecule has 0 aliphatic carbocycles. The van der Waals surface area contributed by atoms with Crippen molar-refractivity contribution in [1.29, 1.82) is 0 Å². The fraction of sp³-hybridized carbons (Fsp3) is 0.160. The van der Waals surface area contributed by atoms with Crippen molar-refractivity contribution in [3.63, 3.8) is 0 Å². The summed E-state index contributed by atoms with van der Waals surface area (Å²) >= 11 is 0. The van der Waals surface area contributed by atoms with Gasteiger partial charge in [-0.1, -0.05) is 30.3 Å². The van der Waals surface area contributed by atoms with Crippen molar-refractivity contribution in [1.82, 2.24) is 0 Å². The number of carbonyl (C=O) groups is 2. The molecule has 35 heavy (non-hydrogen) atoms. The standard InChI is InChI=1S/C25H25N3O6S/c1-33-23(29)17-34-22-14-10-19(11-15-22)24(27-26)25(30)20-8-12-21(13-9-20)28(35(2,31)32)16-18-6-4-3-5-7-18/h3-15H,16-17,26H2,1-2H3/b27-24+. The zero-order valence-corrected chi connectivity index (χ0v) is 20.1. The third kappa shape index (κ3) is 6.67. The molecule has 0 spiro atoms. The van der Waals surface area contributed by atoms with Crippen molar-refractivity contribution in [2.45, 2.75) is 6.54 Å². The van der Waals surface area contributed by atoms with Crippen molar-refractivity contribution in [2.24, 2.45) is 10.9 Å². The molecule has 10 heteroatoms. The summed E-state index contributed by atoms with van der Waals surface area (Å²) in [7, 11) is -2.30. The number of hydrazone groups is 1. The Bertz CT molecular complexity index is 1310. The Morgan fingerprint density at radius 2 is 1.51 bits per heavy atom. The molecule has 3 aromatic rings. The Kier molecular flexibility index (Phi) is 8.21. The van der Waals surface area contributed by atoms with E-state index in [1.54, 1.807) is 36.4 Å². The largest absolute Gasteiger partial charge is 0.482 e. The Hall–Kier alpha value is -4.18. The van der Waals surface area contributed by atoms with Crippen LogP contribution in [0.4, 0.5) is 5.69 Å². The molecule has 2 N–H and O–H groups in total. The van der Waals surface area contributed by atoms with Gasteiger partial charge in [0, 0.05) is 11.1 Å². The number of Topliss-reactive ketones (excluding diaryl/α,β-unsaturated/α-hetero) is 1. The van der Waals surface area contributed by atoms with Crippen LogP contribution >= 0.6 is 0 Å². The molecule has 0 saturated carbocycles. The van der Waals surface area contributed by atoms with Gasteiger partial charge in [-0.05, 0) is 54.1 Å². The molecule has 0 aliphatic rings. The average molecular weight is 496 g/mol. The molecule has 0 atom stereocenters. The molecule has 3 aromatic carbocycles. The summed E-state index contributed by atoms with van der Waals surface area (Å²) in [6, 6.07) is 21.7. The minimum atomic E-state index is -3.57. The zero-order chi connectivity index (χ0) is 25.4. The van der Waals surface area contributed by atoms with E-state index in [1.165, 1.54) is 23.5 Å². The number of hydrogen-bond donors (Lipinski definition) is 1. The molecule has 182 valence electrons. The van der Waals surface area contributed by atoms with Gasteiger partial charge in [0.15, 0.2) is 6.61 Å². The molecule has 0 bridgehead atoms. The van der Waals surface area contributed by atoms with Gasteiger partial charge in [-0.2, -0.15) is 5.10 Å². The molecule has 3 rings (SSSR count). The molecule has 0 saturated heterocycles. The Morgan fingerprint density at radius 3 is 2.06 bits per heavy atom. The molecular weight excluding hydrogens is 470 g/mol. The minimum Gasteiger partial charge on any atom is -0.482 e. The van der Waals surface area contributed by atoms with Gasteiger partial charge in [0.05, 0.1) is 25.6 Å². The maximum Gasteiger partial charge on any atom is 0.343 e. The molecule has 0 aromatic heterocycles. The van der Waals surface area contributed by atoms with Gasteiger partial charge in [0.25, 0.3) is 0 Å². The van der Waals surface area contributed by atoms with E-state index >= 15 is 0 Å². The monoisotopic (exact) mass is 495 g/mol. The summed E-state index contributed by atoms with van der Waals surface area (Å²) in [5.41, 5.74) is 2.01. The van der Waals surface area contributed by atoms with Crippen LogP contribution in [0.5, 0.6) is 5.75 Å². The number of rotatable bonds is 10. The number of sulfonamides is 1. The lowest BCUT2D eigenvalue weighted by Gasteiger charge is -2.22. The second-order valence-electron chi connectivity index (χ2n) is 7.50. The number of benzene rings is 3. The third-order valence-corrected chi connectivity index (χ3v) is 6.18. The molecule has 9 nitrogen and oxygen atoms in total. The van der Waals surface area contributed by atoms with Gasteiger partial charge in [-0.15, -0.1) is 0 Å². The summed E-state index contributed by atoms with van der Waals surface area (Å²) in [6.07, 6.45) is 1.13. The average Bonchev–Trinajstić information content (AvgIpc) is 2.87. The first-order valence-corrected chi connectivity index (χ1v) is 12.3. The Balaban J connectivity index is 1.78. The van der Waals surface area contributed by atoms with Gasteiger partial charge in [0.1, 0.15) is 11.5 Å². The predicted octanol–water partition coefficient (Wildman–Crippen LogP) is 2.75. The number of nitrogens with two attached hydrogens (primary N) is 1. The smallest absolute Gasteiger partial charge is 0.343 e. The molecule has 0 radical (unpaired) electrons. The zero-order valence-electron chi connectivity index (χ0n) is 19.2. The number of carbonyl (C=O) groups excluding carboxylic acids is 2. The van der Waals surface area contributed by atoms with Crippen molar-refractivity contribution < 1.29 is 27.5 Å². The lowest BCUT2D eigenvalue weighted by molar-refractivity contribution is -0.142. The summed E-state index contributed by atoms with van der Waals surface area (Å²) < 4.78 is 35.9. The van der Waals surface area contributed by atoms with Crippen LogP contribution in [-0.2, 0) is 26.1 Å². The topological polar surface area (TPSA) is 128 Å². The fourth-order valence-corrected chi connectivity index (χ4v) is 4.13. The highest BCUT2D eigenvalue weighted by atomic mass is 32.2. The molecule has 0 unspecified atom stereocenters. The minimum absolute atomic E-state index is 0.0153. The van der Waals surface area contributed by atoms with E-state index < -0.39 is 21.8 Å². The number of nitrogens with zero attached hydrogens (tertiary/aromatic N) is 2. The molecule has 0 fully saturated rings. The predicted molar refractivity (Wildman–Crippen MR) is 133 cm³/mol. The lowest BCUT2D eigenvalue weighted by Crippen LogP contribution is -2.29. The Morgan fingerprint density at radius 1 is 0.914 bits per heavy atom. The van der Waals surface area contributed by atoms with Crippen LogP contribution in [0.1, 0.15) is 21.5 Å². The van der Waals surface area contributed by atoms with Gasteiger partial charge in [-0.25, -0.2) is 13.2 Å². The number of ether oxygens (including phenoxy) is 2. The molecule has 0 aliphatic heterocycles. The molecule has 0 amide bonds.